The Morgan fingerprint density at radius 3 is 2.45 bits per heavy atom. The van der Waals surface area contributed by atoms with Gasteiger partial charge in [0.2, 0.25) is 0 Å². The van der Waals surface area contributed by atoms with Gasteiger partial charge in [-0.25, -0.2) is 13.6 Å². The third kappa shape index (κ3) is 1.58. The molecule has 0 heterocycles. The second-order valence-electron chi connectivity index (χ2n) is 2.57. The number of hydrogen-bond acceptors (Lipinski definition) is 2. The van der Waals surface area contributed by atoms with E-state index in [1.807, 2.05) is 0 Å². The summed E-state index contributed by atoms with van der Waals surface area (Å²) in [6.07, 6.45) is -2.62. The molecule has 0 radical (unpaired) electrons. The van der Waals surface area contributed by atoms with E-state index in [9.17, 15) is 13.6 Å². The average molecular weight is 165 g/mol. The number of nitrogens with one attached hydrogen (secondary N) is 1. The minimum atomic E-state index is -2.50. The maximum atomic E-state index is 12.1. The molecule has 11 heavy (non-hydrogen) atoms. The molecule has 0 saturated heterocycles. The van der Waals surface area contributed by atoms with E-state index in [-0.39, 0.29) is 0 Å². The molecule has 0 aliphatic heterocycles. The highest BCUT2D eigenvalue weighted by atomic mass is 19.3. The smallest absolute Gasteiger partial charge is 0.407 e. The summed E-state index contributed by atoms with van der Waals surface area (Å²) in [7, 11) is 1.15. The molecular formula is C6H9F2NO2. The molecule has 0 aromatic carbocycles. The molecule has 64 valence electrons. The van der Waals surface area contributed by atoms with E-state index in [4.69, 9.17) is 0 Å². The lowest BCUT2D eigenvalue weighted by Gasteiger charge is -2.14. The molecule has 1 amide bonds. The summed E-state index contributed by atoms with van der Waals surface area (Å²) in [5.74, 6) is 0. The summed E-state index contributed by atoms with van der Waals surface area (Å²) in [5, 5.41) is 2.11. The Morgan fingerprint density at radius 1 is 1.64 bits per heavy atom. The van der Waals surface area contributed by atoms with Gasteiger partial charge in [-0.15, -0.1) is 0 Å². The van der Waals surface area contributed by atoms with E-state index >= 15 is 0 Å². The quantitative estimate of drug-likeness (QED) is 0.666. The molecule has 1 N–H and O–H groups in total. The number of halogens is 2. The van der Waals surface area contributed by atoms with Crippen LogP contribution in [-0.2, 0) is 4.74 Å². The molecule has 0 aromatic rings. The average Bonchev–Trinajstić information content (AvgIpc) is 2.69. The van der Waals surface area contributed by atoms with Crippen molar-refractivity contribution in [3.8, 4) is 0 Å². The summed E-state index contributed by atoms with van der Waals surface area (Å²) in [4.78, 5) is 10.5. The minimum Gasteiger partial charge on any atom is -0.453 e. The molecule has 1 rings (SSSR count). The molecule has 3 nitrogen and oxygen atoms in total. The molecule has 1 fully saturated rings. The Kier molecular flexibility index (Phi) is 1.97. The first-order valence-electron chi connectivity index (χ1n) is 3.25. The van der Waals surface area contributed by atoms with Crippen LogP contribution in [0, 0.1) is 0 Å². The summed E-state index contributed by atoms with van der Waals surface area (Å²) in [6, 6.07) is 0. The number of alkyl halides is 2. The first-order valence-corrected chi connectivity index (χ1v) is 3.25. The Bertz CT molecular complexity index is 168. The summed E-state index contributed by atoms with van der Waals surface area (Å²) < 4.78 is 28.4. The van der Waals surface area contributed by atoms with Gasteiger partial charge in [-0.1, -0.05) is 0 Å². The van der Waals surface area contributed by atoms with Crippen LogP contribution in [0.3, 0.4) is 0 Å². The molecule has 1 aliphatic rings. The molecule has 0 spiro atoms. The number of alkyl carbamates (subject to hydrolysis) is 1. The summed E-state index contributed by atoms with van der Waals surface area (Å²) in [5.41, 5.74) is -1.28. The molecule has 0 bridgehead atoms. The number of ether oxygens (including phenoxy) is 1. The van der Waals surface area contributed by atoms with Crippen LogP contribution in [-0.4, -0.2) is 25.2 Å². The standard InChI is InChI=1S/C6H9F2NO2/c1-11-5(10)9-6(2-3-6)4(7)8/h4H,2-3H2,1H3,(H,9,10). The van der Waals surface area contributed by atoms with Crippen molar-refractivity contribution >= 4 is 6.09 Å². The van der Waals surface area contributed by atoms with Gasteiger partial charge in [0.05, 0.1) is 7.11 Å². The van der Waals surface area contributed by atoms with Crippen molar-refractivity contribution < 1.29 is 18.3 Å². The van der Waals surface area contributed by atoms with Crippen LogP contribution < -0.4 is 5.32 Å². The Balaban J connectivity index is 2.41. The van der Waals surface area contributed by atoms with Gasteiger partial charge < -0.3 is 10.1 Å². The highest BCUT2D eigenvalue weighted by Gasteiger charge is 2.52. The zero-order valence-electron chi connectivity index (χ0n) is 6.06. The molecule has 0 aromatic heterocycles. The zero-order chi connectivity index (χ0) is 8.48. The molecule has 0 atom stereocenters. The number of carbonyl (C=O) groups excluding carboxylic acids is 1. The first-order chi connectivity index (χ1) is 5.10. The normalized spacial score (nSPS) is 19.6. The second-order valence-corrected chi connectivity index (χ2v) is 2.57. The lowest BCUT2D eigenvalue weighted by atomic mass is 10.3. The van der Waals surface area contributed by atoms with Crippen LogP contribution in [0.15, 0.2) is 0 Å². The van der Waals surface area contributed by atoms with Crippen molar-refractivity contribution in [3.05, 3.63) is 0 Å². The Hall–Kier alpha value is -0.870. The van der Waals surface area contributed by atoms with Crippen LogP contribution in [0.5, 0.6) is 0 Å². The van der Waals surface area contributed by atoms with E-state index in [0.29, 0.717) is 12.8 Å². The topological polar surface area (TPSA) is 38.3 Å². The predicted octanol–water partition coefficient (Wildman–Crippen LogP) is 1.14. The van der Waals surface area contributed by atoms with Gasteiger partial charge in [-0.3, -0.25) is 0 Å². The van der Waals surface area contributed by atoms with Crippen molar-refractivity contribution in [2.75, 3.05) is 7.11 Å². The minimum absolute atomic E-state index is 0.333. The monoisotopic (exact) mass is 165 g/mol. The summed E-state index contributed by atoms with van der Waals surface area (Å²) >= 11 is 0. The number of hydrogen-bond donors (Lipinski definition) is 1. The van der Waals surface area contributed by atoms with Crippen LogP contribution in [0.1, 0.15) is 12.8 Å². The third-order valence-electron chi connectivity index (χ3n) is 1.74. The SMILES string of the molecule is COC(=O)NC1(C(F)F)CC1. The van der Waals surface area contributed by atoms with Gasteiger partial charge >= 0.3 is 6.09 Å². The van der Waals surface area contributed by atoms with Crippen LogP contribution >= 0.6 is 0 Å². The Morgan fingerprint density at radius 2 is 2.18 bits per heavy atom. The number of amides is 1. The maximum Gasteiger partial charge on any atom is 0.407 e. The number of carbonyl (C=O) groups is 1. The molecule has 0 unspecified atom stereocenters. The van der Waals surface area contributed by atoms with Gasteiger partial charge in [0.25, 0.3) is 6.43 Å². The molecule has 1 aliphatic carbocycles. The van der Waals surface area contributed by atoms with E-state index in [1.54, 1.807) is 0 Å². The zero-order valence-corrected chi connectivity index (χ0v) is 6.06. The van der Waals surface area contributed by atoms with Crippen LogP contribution in [0.4, 0.5) is 13.6 Å². The largest absolute Gasteiger partial charge is 0.453 e. The fraction of sp³-hybridized carbons (Fsp3) is 0.833. The van der Waals surface area contributed by atoms with Crippen molar-refractivity contribution in [2.24, 2.45) is 0 Å². The van der Waals surface area contributed by atoms with E-state index in [1.165, 1.54) is 0 Å². The highest BCUT2D eigenvalue weighted by Crippen LogP contribution is 2.40. The van der Waals surface area contributed by atoms with Crippen molar-refractivity contribution in [3.63, 3.8) is 0 Å². The third-order valence-corrected chi connectivity index (χ3v) is 1.74. The maximum absolute atomic E-state index is 12.1. The number of rotatable bonds is 2. The van der Waals surface area contributed by atoms with Gasteiger partial charge in [-0.05, 0) is 12.8 Å². The predicted molar refractivity (Wildman–Crippen MR) is 33.5 cm³/mol. The lowest BCUT2D eigenvalue weighted by molar-refractivity contribution is 0.0794. The van der Waals surface area contributed by atoms with Crippen LogP contribution in [0.2, 0.25) is 0 Å². The molecular weight excluding hydrogens is 156 g/mol. The summed E-state index contributed by atoms with van der Waals surface area (Å²) in [6.45, 7) is 0. The van der Waals surface area contributed by atoms with Gasteiger partial charge in [0, 0.05) is 0 Å². The van der Waals surface area contributed by atoms with E-state index in [0.717, 1.165) is 7.11 Å². The second kappa shape index (κ2) is 2.64. The number of methoxy groups -OCH3 is 1. The van der Waals surface area contributed by atoms with Crippen molar-refractivity contribution in [1.29, 1.82) is 0 Å². The fourth-order valence-corrected chi connectivity index (χ4v) is 0.787. The first kappa shape index (κ1) is 8.23. The lowest BCUT2D eigenvalue weighted by Crippen LogP contribution is -2.42. The van der Waals surface area contributed by atoms with Crippen molar-refractivity contribution in [1.82, 2.24) is 5.32 Å². The van der Waals surface area contributed by atoms with Gasteiger partial charge in [0.1, 0.15) is 5.54 Å². The van der Waals surface area contributed by atoms with Gasteiger partial charge in [0.15, 0.2) is 0 Å². The highest BCUT2D eigenvalue weighted by molar-refractivity contribution is 5.68. The molecule has 1 saturated carbocycles. The van der Waals surface area contributed by atoms with Crippen LogP contribution in [0.25, 0.3) is 0 Å². The Labute approximate surface area is 62.7 Å². The van der Waals surface area contributed by atoms with Crippen molar-refractivity contribution in [2.45, 2.75) is 24.8 Å². The van der Waals surface area contributed by atoms with E-state index in [2.05, 4.69) is 10.1 Å². The fourth-order valence-electron chi connectivity index (χ4n) is 0.787. The van der Waals surface area contributed by atoms with E-state index < -0.39 is 18.1 Å². The molecule has 5 heteroatoms. The van der Waals surface area contributed by atoms with Gasteiger partial charge in [-0.2, -0.15) is 0 Å².